The molecule has 3 rings (SSSR count). The number of pyridine rings is 1. The van der Waals surface area contributed by atoms with Gasteiger partial charge in [-0.05, 0) is 54.4 Å². The summed E-state index contributed by atoms with van der Waals surface area (Å²) in [5.74, 6) is -3.12. The van der Waals surface area contributed by atoms with Crippen molar-refractivity contribution >= 4 is 33.2 Å². The van der Waals surface area contributed by atoms with Crippen LogP contribution in [0, 0.1) is 11.6 Å². The van der Waals surface area contributed by atoms with E-state index < -0.39 is 45.4 Å². The van der Waals surface area contributed by atoms with Gasteiger partial charge in [0.05, 0.1) is 28.6 Å². The third-order valence-corrected chi connectivity index (χ3v) is 5.98. The molecular formula is C23H19ClF5N3O3S. The van der Waals surface area contributed by atoms with Crippen LogP contribution in [-0.2, 0) is 27.5 Å². The number of benzene rings is 2. The second-order valence-electron chi connectivity index (χ2n) is 7.88. The Labute approximate surface area is 208 Å². The number of anilines is 1. The number of carbonyl (C=O) groups excluding carboxylic acids is 1. The lowest BCUT2D eigenvalue weighted by molar-refractivity contribution is -0.141. The molecular weight excluding hydrogens is 529 g/mol. The average molecular weight is 548 g/mol. The molecule has 1 atom stereocenters. The summed E-state index contributed by atoms with van der Waals surface area (Å²) in [6.07, 6.45) is -3.88. The summed E-state index contributed by atoms with van der Waals surface area (Å²) in [5, 5.41) is 2.25. The van der Waals surface area contributed by atoms with Gasteiger partial charge in [0.2, 0.25) is 15.9 Å². The SMILES string of the molecule is CC(C(=O)NCc1ccc(C(F)(F)F)nc1-c1ccc(F)c(Cl)c1)c1ccc(NS(C)(=O)=O)c(F)c1. The van der Waals surface area contributed by atoms with E-state index in [1.165, 1.54) is 25.1 Å². The van der Waals surface area contributed by atoms with Crippen LogP contribution in [0.15, 0.2) is 48.5 Å². The van der Waals surface area contributed by atoms with Gasteiger partial charge in [-0.1, -0.05) is 23.7 Å². The first-order valence-corrected chi connectivity index (χ1v) is 12.5. The lowest BCUT2D eigenvalue weighted by Gasteiger charge is -2.16. The van der Waals surface area contributed by atoms with Crippen LogP contribution in [0.3, 0.4) is 0 Å². The summed E-state index contributed by atoms with van der Waals surface area (Å²) in [5.41, 5.74) is -1.07. The molecule has 2 N–H and O–H groups in total. The second-order valence-corrected chi connectivity index (χ2v) is 10.0. The van der Waals surface area contributed by atoms with E-state index in [1.54, 1.807) is 0 Å². The number of nitrogens with one attached hydrogen (secondary N) is 2. The fourth-order valence-corrected chi connectivity index (χ4v) is 4.00. The van der Waals surface area contributed by atoms with E-state index in [-0.39, 0.29) is 39.6 Å². The van der Waals surface area contributed by atoms with Crippen molar-refractivity contribution in [2.24, 2.45) is 0 Å². The number of amides is 1. The number of nitrogens with zero attached hydrogens (tertiary/aromatic N) is 1. The molecule has 1 aromatic heterocycles. The van der Waals surface area contributed by atoms with E-state index in [4.69, 9.17) is 11.6 Å². The highest BCUT2D eigenvalue weighted by Crippen LogP contribution is 2.32. The molecule has 6 nitrogen and oxygen atoms in total. The summed E-state index contributed by atoms with van der Waals surface area (Å²) in [6.45, 7) is 1.23. The van der Waals surface area contributed by atoms with E-state index in [9.17, 15) is 35.2 Å². The number of rotatable bonds is 7. The van der Waals surface area contributed by atoms with Gasteiger partial charge in [-0.2, -0.15) is 13.2 Å². The Morgan fingerprint density at radius 2 is 1.75 bits per heavy atom. The fraction of sp³-hybridized carbons (Fsp3) is 0.217. The van der Waals surface area contributed by atoms with Crippen LogP contribution in [0.2, 0.25) is 5.02 Å². The summed E-state index contributed by atoms with van der Waals surface area (Å²) in [6, 6.07) is 8.76. The first-order valence-electron chi connectivity index (χ1n) is 10.2. The van der Waals surface area contributed by atoms with Crippen LogP contribution < -0.4 is 10.0 Å². The monoisotopic (exact) mass is 547 g/mol. The van der Waals surface area contributed by atoms with Gasteiger partial charge in [0.1, 0.15) is 17.3 Å². The van der Waals surface area contributed by atoms with Crippen molar-refractivity contribution in [3.8, 4) is 11.3 Å². The molecule has 1 amide bonds. The van der Waals surface area contributed by atoms with Crippen molar-refractivity contribution in [3.05, 3.63) is 82.0 Å². The number of aromatic nitrogens is 1. The van der Waals surface area contributed by atoms with Crippen molar-refractivity contribution in [1.29, 1.82) is 0 Å². The maximum absolute atomic E-state index is 14.3. The largest absolute Gasteiger partial charge is 0.433 e. The van der Waals surface area contributed by atoms with Gasteiger partial charge in [0.25, 0.3) is 0 Å². The Kier molecular flexibility index (Phi) is 7.89. The Balaban J connectivity index is 1.84. The van der Waals surface area contributed by atoms with Crippen LogP contribution in [0.25, 0.3) is 11.3 Å². The maximum Gasteiger partial charge on any atom is 0.433 e. The van der Waals surface area contributed by atoms with Gasteiger partial charge < -0.3 is 5.32 Å². The number of carbonyl (C=O) groups is 1. The lowest BCUT2D eigenvalue weighted by Crippen LogP contribution is -2.28. The third kappa shape index (κ3) is 6.70. The van der Waals surface area contributed by atoms with Crippen LogP contribution in [0.5, 0.6) is 0 Å². The number of halogens is 6. The zero-order valence-corrected chi connectivity index (χ0v) is 20.3. The molecule has 0 radical (unpaired) electrons. The molecule has 0 saturated carbocycles. The maximum atomic E-state index is 14.3. The van der Waals surface area contributed by atoms with Crippen LogP contribution in [0.1, 0.15) is 29.7 Å². The minimum Gasteiger partial charge on any atom is -0.351 e. The van der Waals surface area contributed by atoms with Crippen molar-refractivity contribution in [3.63, 3.8) is 0 Å². The van der Waals surface area contributed by atoms with Crippen LogP contribution in [-0.4, -0.2) is 25.6 Å². The third-order valence-electron chi connectivity index (χ3n) is 5.10. The predicted octanol–water partition coefficient (Wildman–Crippen LogP) is 5.49. The van der Waals surface area contributed by atoms with Gasteiger partial charge in [0.15, 0.2) is 0 Å². The number of sulfonamides is 1. The summed E-state index contributed by atoms with van der Waals surface area (Å²) >= 11 is 5.78. The van der Waals surface area contributed by atoms with Gasteiger partial charge in [-0.25, -0.2) is 22.2 Å². The zero-order valence-electron chi connectivity index (χ0n) is 18.8. The van der Waals surface area contributed by atoms with E-state index in [2.05, 4.69) is 10.3 Å². The Morgan fingerprint density at radius 3 is 2.33 bits per heavy atom. The first kappa shape index (κ1) is 27.3. The fourth-order valence-electron chi connectivity index (χ4n) is 3.25. The van der Waals surface area contributed by atoms with Gasteiger partial charge in [-0.15, -0.1) is 0 Å². The van der Waals surface area contributed by atoms with Crippen molar-refractivity contribution in [1.82, 2.24) is 10.3 Å². The molecule has 2 aromatic carbocycles. The van der Waals surface area contributed by atoms with E-state index in [0.717, 1.165) is 36.6 Å². The topological polar surface area (TPSA) is 88.2 Å². The van der Waals surface area contributed by atoms with Crippen LogP contribution >= 0.6 is 11.6 Å². The number of alkyl halides is 3. The van der Waals surface area contributed by atoms with Gasteiger partial charge >= 0.3 is 6.18 Å². The molecule has 0 aliphatic carbocycles. The molecule has 0 aliphatic rings. The highest BCUT2D eigenvalue weighted by Gasteiger charge is 2.33. The van der Waals surface area contributed by atoms with Crippen molar-refractivity contribution < 1.29 is 35.2 Å². The number of hydrogen-bond acceptors (Lipinski definition) is 4. The molecule has 36 heavy (non-hydrogen) atoms. The second kappa shape index (κ2) is 10.4. The summed E-state index contributed by atoms with van der Waals surface area (Å²) in [4.78, 5) is 16.4. The van der Waals surface area contributed by atoms with E-state index in [1.807, 2.05) is 4.72 Å². The predicted molar refractivity (Wildman–Crippen MR) is 125 cm³/mol. The number of hydrogen-bond donors (Lipinski definition) is 2. The molecule has 13 heteroatoms. The van der Waals surface area contributed by atoms with Gasteiger partial charge in [-0.3, -0.25) is 9.52 Å². The lowest BCUT2D eigenvalue weighted by atomic mass is 9.99. The molecule has 0 saturated heterocycles. The molecule has 3 aromatic rings. The normalized spacial score (nSPS) is 12.8. The van der Waals surface area contributed by atoms with Crippen LogP contribution in [0.4, 0.5) is 27.6 Å². The van der Waals surface area contributed by atoms with E-state index in [0.29, 0.717) is 0 Å². The Morgan fingerprint density at radius 1 is 1.06 bits per heavy atom. The van der Waals surface area contributed by atoms with E-state index >= 15 is 0 Å². The molecule has 0 spiro atoms. The standard InChI is InChI=1S/C23H19ClF5N3O3S/c1-12(13-4-7-19(18(26)10-13)32-36(2,34)35)22(33)30-11-15-5-8-20(23(27,28)29)31-21(15)14-3-6-17(25)16(24)9-14/h3-10,12,32H,11H2,1-2H3,(H,30,33). The zero-order chi connectivity index (χ0) is 26.8. The molecule has 1 heterocycles. The van der Waals surface area contributed by atoms with Crippen molar-refractivity contribution in [2.75, 3.05) is 11.0 Å². The highest BCUT2D eigenvalue weighted by atomic mass is 35.5. The Hall–Kier alpha value is -3.25. The highest BCUT2D eigenvalue weighted by molar-refractivity contribution is 7.92. The minimum atomic E-state index is -4.74. The molecule has 192 valence electrons. The Bertz CT molecular complexity index is 1410. The quantitative estimate of drug-likeness (QED) is 0.383. The first-order chi connectivity index (χ1) is 16.7. The molecule has 0 fully saturated rings. The average Bonchev–Trinajstić information content (AvgIpc) is 2.78. The summed E-state index contributed by atoms with van der Waals surface area (Å²) in [7, 11) is -3.71. The molecule has 0 aliphatic heterocycles. The molecule has 1 unspecified atom stereocenters. The minimum absolute atomic E-state index is 0.112. The summed E-state index contributed by atoms with van der Waals surface area (Å²) < 4.78 is 92.2. The molecule has 0 bridgehead atoms. The van der Waals surface area contributed by atoms with Gasteiger partial charge in [0, 0.05) is 12.1 Å². The smallest absolute Gasteiger partial charge is 0.351 e. The van der Waals surface area contributed by atoms with Crippen molar-refractivity contribution in [2.45, 2.75) is 25.6 Å².